The Morgan fingerprint density at radius 1 is 1.43 bits per heavy atom. The summed E-state index contributed by atoms with van der Waals surface area (Å²) in [5, 5.41) is 3.26. The van der Waals surface area contributed by atoms with E-state index in [9.17, 15) is 0 Å². The predicted octanol–water partition coefficient (Wildman–Crippen LogP) is 1.66. The van der Waals surface area contributed by atoms with Gasteiger partial charge in [0.2, 0.25) is 0 Å². The molecule has 0 aliphatic carbocycles. The Morgan fingerprint density at radius 3 is 3.00 bits per heavy atom. The highest BCUT2D eigenvalue weighted by Gasteiger charge is 2.21. The molecule has 0 spiro atoms. The number of hydrogen-bond acceptors (Lipinski definition) is 2. The summed E-state index contributed by atoms with van der Waals surface area (Å²) < 4.78 is 0. The average Bonchev–Trinajstić information content (AvgIpc) is 2.23. The number of anilines is 1. The highest BCUT2D eigenvalue weighted by Crippen LogP contribution is 2.28. The molecular weight excluding hydrogens is 172 g/mol. The Hall–Kier alpha value is -1.02. The van der Waals surface area contributed by atoms with Crippen LogP contribution in [0.15, 0.2) is 24.3 Å². The predicted molar refractivity (Wildman–Crippen MR) is 60.9 cm³/mol. The zero-order valence-electron chi connectivity index (χ0n) is 8.96. The van der Waals surface area contributed by atoms with Crippen LogP contribution in [-0.4, -0.2) is 26.7 Å². The van der Waals surface area contributed by atoms with Crippen LogP contribution in [0.25, 0.3) is 0 Å². The maximum atomic E-state index is 3.26. The topological polar surface area (TPSA) is 15.3 Å². The standard InChI is InChI=1S/C12H18N2/c1-13-9-11-8-7-10-5-3-4-6-12(10)14(11)2/h3-6,11,13H,7-9H2,1-2H3. The van der Waals surface area contributed by atoms with Gasteiger partial charge in [-0.05, 0) is 31.5 Å². The van der Waals surface area contributed by atoms with Crippen LogP contribution in [0.2, 0.25) is 0 Å². The second-order valence-electron chi connectivity index (χ2n) is 3.99. The smallest absolute Gasteiger partial charge is 0.0414 e. The zero-order valence-corrected chi connectivity index (χ0v) is 8.96. The fraction of sp³-hybridized carbons (Fsp3) is 0.500. The van der Waals surface area contributed by atoms with Gasteiger partial charge in [0.15, 0.2) is 0 Å². The molecule has 0 bridgehead atoms. The van der Waals surface area contributed by atoms with Crippen LogP contribution in [0, 0.1) is 0 Å². The van der Waals surface area contributed by atoms with E-state index in [4.69, 9.17) is 0 Å². The van der Waals surface area contributed by atoms with E-state index in [1.54, 1.807) is 0 Å². The fourth-order valence-corrected chi connectivity index (χ4v) is 2.25. The van der Waals surface area contributed by atoms with Crippen LogP contribution in [-0.2, 0) is 6.42 Å². The third-order valence-electron chi connectivity index (χ3n) is 3.11. The molecule has 0 fully saturated rings. The molecular formula is C12H18N2. The number of likely N-dealkylation sites (N-methyl/N-ethyl adjacent to an activating group) is 2. The summed E-state index contributed by atoms with van der Waals surface area (Å²) in [6.07, 6.45) is 2.47. The first-order valence-corrected chi connectivity index (χ1v) is 5.28. The first-order chi connectivity index (χ1) is 6.83. The highest BCUT2D eigenvalue weighted by molar-refractivity contribution is 5.55. The van der Waals surface area contributed by atoms with Gasteiger partial charge in [-0.2, -0.15) is 0 Å². The van der Waals surface area contributed by atoms with E-state index < -0.39 is 0 Å². The van der Waals surface area contributed by atoms with Crippen LogP contribution in [0.5, 0.6) is 0 Å². The van der Waals surface area contributed by atoms with Crippen LogP contribution in [0.1, 0.15) is 12.0 Å². The number of aryl methyl sites for hydroxylation is 1. The van der Waals surface area contributed by atoms with Gasteiger partial charge >= 0.3 is 0 Å². The van der Waals surface area contributed by atoms with Gasteiger partial charge in [-0.1, -0.05) is 18.2 Å². The lowest BCUT2D eigenvalue weighted by Crippen LogP contribution is -2.42. The third kappa shape index (κ3) is 1.62. The lowest BCUT2D eigenvalue weighted by molar-refractivity contribution is 0.530. The molecule has 14 heavy (non-hydrogen) atoms. The van der Waals surface area contributed by atoms with Crippen molar-refractivity contribution in [3.63, 3.8) is 0 Å². The molecule has 0 aromatic heterocycles. The summed E-state index contributed by atoms with van der Waals surface area (Å²) >= 11 is 0. The average molecular weight is 190 g/mol. The Morgan fingerprint density at radius 2 is 2.21 bits per heavy atom. The summed E-state index contributed by atoms with van der Waals surface area (Å²) in [6, 6.07) is 9.36. The Kier molecular flexibility index (Phi) is 2.73. The molecule has 0 saturated heterocycles. The number of para-hydroxylation sites is 1. The van der Waals surface area contributed by atoms with Crippen LogP contribution in [0.3, 0.4) is 0 Å². The highest BCUT2D eigenvalue weighted by atomic mass is 15.2. The van der Waals surface area contributed by atoms with Crippen molar-refractivity contribution in [1.82, 2.24) is 5.32 Å². The van der Waals surface area contributed by atoms with Crippen LogP contribution >= 0.6 is 0 Å². The molecule has 1 aliphatic heterocycles. The third-order valence-corrected chi connectivity index (χ3v) is 3.11. The van der Waals surface area contributed by atoms with Crippen molar-refractivity contribution in [2.24, 2.45) is 0 Å². The Balaban J connectivity index is 2.22. The largest absolute Gasteiger partial charge is 0.370 e. The molecule has 1 unspecified atom stereocenters. The number of nitrogens with zero attached hydrogens (tertiary/aromatic N) is 1. The minimum Gasteiger partial charge on any atom is -0.370 e. The molecule has 0 radical (unpaired) electrons. The van der Waals surface area contributed by atoms with Gasteiger partial charge in [0.05, 0.1) is 0 Å². The van der Waals surface area contributed by atoms with E-state index >= 15 is 0 Å². The van der Waals surface area contributed by atoms with E-state index in [-0.39, 0.29) is 0 Å². The van der Waals surface area contributed by atoms with Crippen LogP contribution in [0.4, 0.5) is 5.69 Å². The molecule has 1 heterocycles. The van der Waals surface area contributed by atoms with Gasteiger partial charge in [-0.15, -0.1) is 0 Å². The summed E-state index contributed by atoms with van der Waals surface area (Å²) in [4.78, 5) is 2.40. The number of benzene rings is 1. The normalized spacial score (nSPS) is 20.7. The zero-order chi connectivity index (χ0) is 9.97. The molecule has 1 N–H and O–H groups in total. The van der Waals surface area contributed by atoms with Gasteiger partial charge in [-0.25, -0.2) is 0 Å². The summed E-state index contributed by atoms with van der Waals surface area (Å²) in [5.74, 6) is 0. The molecule has 1 aromatic carbocycles. The monoisotopic (exact) mass is 190 g/mol. The van der Waals surface area contributed by atoms with Crippen molar-refractivity contribution in [3.8, 4) is 0 Å². The number of fused-ring (bicyclic) bond motifs is 1. The Labute approximate surface area is 85.9 Å². The molecule has 2 nitrogen and oxygen atoms in total. The molecule has 1 aromatic rings. The molecule has 2 rings (SSSR count). The molecule has 2 heteroatoms. The van der Waals surface area contributed by atoms with E-state index in [0.29, 0.717) is 6.04 Å². The summed E-state index contributed by atoms with van der Waals surface area (Å²) in [7, 11) is 4.22. The van der Waals surface area contributed by atoms with Crippen molar-refractivity contribution >= 4 is 5.69 Å². The van der Waals surface area contributed by atoms with Gasteiger partial charge in [-0.3, -0.25) is 0 Å². The van der Waals surface area contributed by atoms with Crippen molar-refractivity contribution < 1.29 is 0 Å². The molecule has 1 atom stereocenters. The maximum absolute atomic E-state index is 3.26. The SMILES string of the molecule is CNCC1CCc2ccccc2N1C. The van der Waals surface area contributed by atoms with Crippen molar-refractivity contribution in [1.29, 1.82) is 0 Å². The molecule has 0 amide bonds. The second kappa shape index (κ2) is 4.01. The second-order valence-corrected chi connectivity index (χ2v) is 3.99. The number of nitrogens with one attached hydrogen (secondary N) is 1. The van der Waals surface area contributed by atoms with E-state index in [2.05, 4.69) is 41.5 Å². The van der Waals surface area contributed by atoms with Crippen LogP contribution < -0.4 is 10.2 Å². The van der Waals surface area contributed by atoms with E-state index in [1.165, 1.54) is 24.1 Å². The number of hydrogen-bond donors (Lipinski definition) is 1. The van der Waals surface area contributed by atoms with Gasteiger partial charge in [0.1, 0.15) is 0 Å². The molecule has 1 aliphatic rings. The minimum atomic E-state index is 0.648. The lowest BCUT2D eigenvalue weighted by Gasteiger charge is -2.36. The summed E-state index contributed by atoms with van der Waals surface area (Å²) in [6.45, 7) is 1.07. The van der Waals surface area contributed by atoms with Crippen molar-refractivity contribution in [2.45, 2.75) is 18.9 Å². The van der Waals surface area contributed by atoms with Crippen molar-refractivity contribution in [2.75, 3.05) is 25.5 Å². The number of rotatable bonds is 2. The van der Waals surface area contributed by atoms with Crippen molar-refractivity contribution in [3.05, 3.63) is 29.8 Å². The summed E-state index contributed by atoms with van der Waals surface area (Å²) in [5.41, 5.74) is 2.89. The van der Waals surface area contributed by atoms with Gasteiger partial charge in [0.25, 0.3) is 0 Å². The lowest BCUT2D eigenvalue weighted by atomic mass is 9.96. The Bertz CT molecular complexity index is 309. The van der Waals surface area contributed by atoms with E-state index in [0.717, 1.165) is 6.54 Å². The maximum Gasteiger partial charge on any atom is 0.0414 e. The minimum absolute atomic E-state index is 0.648. The first kappa shape index (κ1) is 9.53. The van der Waals surface area contributed by atoms with Gasteiger partial charge < -0.3 is 10.2 Å². The van der Waals surface area contributed by atoms with E-state index in [1.807, 2.05) is 7.05 Å². The van der Waals surface area contributed by atoms with Gasteiger partial charge in [0, 0.05) is 25.3 Å². The quantitative estimate of drug-likeness (QED) is 0.763. The molecule has 76 valence electrons. The molecule has 0 saturated carbocycles. The fourth-order valence-electron chi connectivity index (χ4n) is 2.25. The first-order valence-electron chi connectivity index (χ1n) is 5.28.